The minimum atomic E-state index is 0.696. The van der Waals surface area contributed by atoms with Crippen molar-refractivity contribution in [2.75, 3.05) is 53.1 Å². The van der Waals surface area contributed by atoms with Crippen LogP contribution in [0.3, 0.4) is 0 Å². The smallest absolute Gasteiger partial charge is 0.0700 e. The maximum Gasteiger partial charge on any atom is 0.0700 e. The Balaban J connectivity index is 2.09. The Bertz CT molecular complexity index is 179. The van der Waals surface area contributed by atoms with Crippen LogP contribution in [0.15, 0.2) is 0 Å². The lowest BCUT2D eigenvalue weighted by atomic mass is 10.1. The fraction of sp³-hybridized carbons (Fsp3) is 1.00. The van der Waals surface area contributed by atoms with Gasteiger partial charge in [-0.05, 0) is 38.9 Å². The van der Waals surface area contributed by atoms with Gasteiger partial charge in [0.25, 0.3) is 0 Å². The summed E-state index contributed by atoms with van der Waals surface area (Å²) in [7, 11) is 1.71. The van der Waals surface area contributed by atoms with Gasteiger partial charge in [-0.25, -0.2) is 0 Å². The molecular formula is C13H28N2O2. The van der Waals surface area contributed by atoms with Crippen LogP contribution in [0.4, 0.5) is 0 Å². The highest BCUT2D eigenvalue weighted by molar-refractivity contribution is 4.72. The third-order valence-corrected chi connectivity index (χ3v) is 3.35. The highest BCUT2D eigenvalue weighted by atomic mass is 16.5. The molecule has 0 aromatic rings. The Morgan fingerprint density at radius 2 is 2.12 bits per heavy atom. The molecule has 1 N–H and O–H groups in total. The van der Waals surface area contributed by atoms with Crippen LogP contribution in [0.25, 0.3) is 0 Å². The van der Waals surface area contributed by atoms with Gasteiger partial charge < -0.3 is 19.7 Å². The fourth-order valence-electron chi connectivity index (χ4n) is 2.17. The van der Waals surface area contributed by atoms with Gasteiger partial charge in [-0.1, -0.05) is 6.92 Å². The van der Waals surface area contributed by atoms with Crippen LogP contribution in [0.1, 0.15) is 26.2 Å². The van der Waals surface area contributed by atoms with Crippen molar-refractivity contribution in [2.24, 2.45) is 0 Å². The van der Waals surface area contributed by atoms with Crippen molar-refractivity contribution in [3.05, 3.63) is 0 Å². The van der Waals surface area contributed by atoms with E-state index in [1.807, 2.05) is 0 Å². The zero-order valence-corrected chi connectivity index (χ0v) is 11.4. The number of rotatable bonds is 7. The summed E-state index contributed by atoms with van der Waals surface area (Å²) in [6.07, 6.45) is 3.74. The highest BCUT2D eigenvalue weighted by Gasteiger charge is 2.12. The Morgan fingerprint density at radius 1 is 1.24 bits per heavy atom. The molecule has 17 heavy (non-hydrogen) atoms. The molecule has 1 fully saturated rings. The average molecular weight is 244 g/mol. The fourth-order valence-corrected chi connectivity index (χ4v) is 2.17. The molecule has 0 aliphatic carbocycles. The van der Waals surface area contributed by atoms with E-state index in [0.717, 1.165) is 19.7 Å². The van der Waals surface area contributed by atoms with E-state index in [1.54, 1.807) is 7.11 Å². The summed E-state index contributed by atoms with van der Waals surface area (Å²) >= 11 is 0. The quantitative estimate of drug-likeness (QED) is 0.680. The third-order valence-electron chi connectivity index (χ3n) is 3.35. The van der Waals surface area contributed by atoms with Gasteiger partial charge in [0, 0.05) is 19.7 Å². The second-order valence-electron chi connectivity index (χ2n) is 4.65. The molecule has 0 radical (unpaired) electrons. The lowest BCUT2D eigenvalue weighted by Gasteiger charge is -2.28. The SMILES string of the molecule is CCC1CCN(CCOCCOC)CCCN1. The van der Waals surface area contributed by atoms with Crippen molar-refractivity contribution < 1.29 is 9.47 Å². The van der Waals surface area contributed by atoms with Gasteiger partial charge >= 0.3 is 0 Å². The van der Waals surface area contributed by atoms with Crippen LogP contribution < -0.4 is 5.32 Å². The van der Waals surface area contributed by atoms with E-state index in [9.17, 15) is 0 Å². The van der Waals surface area contributed by atoms with Gasteiger partial charge in [-0.3, -0.25) is 0 Å². The predicted molar refractivity (Wildman–Crippen MR) is 70.5 cm³/mol. The summed E-state index contributed by atoms with van der Waals surface area (Å²) in [5, 5.41) is 3.60. The first-order valence-corrected chi connectivity index (χ1v) is 6.89. The van der Waals surface area contributed by atoms with Crippen LogP contribution in [0.2, 0.25) is 0 Å². The maximum absolute atomic E-state index is 5.52. The van der Waals surface area contributed by atoms with Gasteiger partial charge in [0.15, 0.2) is 0 Å². The summed E-state index contributed by atoms with van der Waals surface area (Å²) in [4.78, 5) is 2.52. The second kappa shape index (κ2) is 9.83. The topological polar surface area (TPSA) is 33.7 Å². The van der Waals surface area contributed by atoms with Crippen LogP contribution in [0.5, 0.6) is 0 Å². The maximum atomic E-state index is 5.52. The monoisotopic (exact) mass is 244 g/mol. The number of hydrogen-bond acceptors (Lipinski definition) is 4. The van der Waals surface area contributed by atoms with Gasteiger partial charge in [0.05, 0.1) is 19.8 Å². The Kier molecular flexibility index (Phi) is 8.61. The first kappa shape index (κ1) is 14.9. The van der Waals surface area contributed by atoms with Crippen LogP contribution in [0, 0.1) is 0 Å². The molecular weight excluding hydrogens is 216 g/mol. The normalized spacial score (nSPS) is 23.3. The van der Waals surface area contributed by atoms with Gasteiger partial charge in [-0.2, -0.15) is 0 Å². The first-order chi connectivity index (χ1) is 8.36. The largest absolute Gasteiger partial charge is 0.382 e. The summed E-state index contributed by atoms with van der Waals surface area (Å²) in [5.74, 6) is 0. The molecule has 0 aromatic carbocycles. The van der Waals surface area contributed by atoms with Gasteiger partial charge in [-0.15, -0.1) is 0 Å². The molecule has 1 atom stereocenters. The molecule has 1 aliphatic heterocycles. The van der Waals surface area contributed by atoms with E-state index >= 15 is 0 Å². The summed E-state index contributed by atoms with van der Waals surface area (Å²) < 4.78 is 10.5. The van der Waals surface area contributed by atoms with Crippen molar-refractivity contribution in [1.82, 2.24) is 10.2 Å². The molecule has 1 unspecified atom stereocenters. The molecule has 4 nitrogen and oxygen atoms in total. The highest BCUT2D eigenvalue weighted by Crippen LogP contribution is 2.05. The molecule has 4 heteroatoms. The van der Waals surface area contributed by atoms with Crippen LogP contribution in [-0.4, -0.2) is 64.1 Å². The number of nitrogens with zero attached hydrogens (tertiary/aromatic N) is 1. The molecule has 102 valence electrons. The minimum Gasteiger partial charge on any atom is -0.382 e. The van der Waals surface area contributed by atoms with Crippen molar-refractivity contribution in [3.63, 3.8) is 0 Å². The van der Waals surface area contributed by atoms with Crippen molar-refractivity contribution in [2.45, 2.75) is 32.2 Å². The molecule has 1 heterocycles. The van der Waals surface area contributed by atoms with E-state index in [4.69, 9.17) is 9.47 Å². The standard InChI is InChI=1S/C13H28N2O2/c1-3-13-5-8-15(7-4-6-14-13)9-10-17-12-11-16-2/h13-14H,3-12H2,1-2H3. The molecule has 1 rings (SSSR count). The molecule has 0 amide bonds. The lowest BCUT2D eigenvalue weighted by Crippen LogP contribution is -2.40. The molecule has 0 spiro atoms. The molecule has 1 aliphatic rings. The number of nitrogens with one attached hydrogen (secondary N) is 1. The average Bonchev–Trinajstić information content (AvgIpc) is 2.32. The van der Waals surface area contributed by atoms with Crippen molar-refractivity contribution in [1.29, 1.82) is 0 Å². The molecule has 0 bridgehead atoms. The van der Waals surface area contributed by atoms with E-state index in [1.165, 1.54) is 32.4 Å². The van der Waals surface area contributed by atoms with E-state index in [2.05, 4.69) is 17.1 Å². The Morgan fingerprint density at radius 3 is 2.88 bits per heavy atom. The first-order valence-electron chi connectivity index (χ1n) is 6.89. The predicted octanol–water partition coefficient (Wildman–Crippen LogP) is 1.11. The van der Waals surface area contributed by atoms with E-state index < -0.39 is 0 Å². The third kappa shape index (κ3) is 6.99. The number of hydrogen-bond donors (Lipinski definition) is 1. The van der Waals surface area contributed by atoms with E-state index in [0.29, 0.717) is 19.3 Å². The Labute approximate surface area is 106 Å². The zero-order valence-electron chi connectivity index (χ0n) is 11.4. The molecule has 0 saturated carbocycles. The summed E-state index contributed by atoms with van der Waals surface area (Å²) in [6.45, 7) is 9.09. The van der Waals surface area contributed by atoms with Crippen molar-refractivity contribution >= 4 is 0 Å². The van der Waals surface area contributed by atoms with E-state index in [-0.39, 0.29) is 0 Å². The second-order valence-corrected chi connectivity index (χ2v) is 4.65. The van der Waals surface area contributed by atoms with Crippen LogP contribution in [-0.2, 0) is 9.47 Å². The number of methoxy groups -OCH3 is 1. The summed E-state index contributed by atoms with van der Waals surface area (Å²) in [5.41, 5.74) is 0. The summed E-state index contributed by atoms with van der Waals surface area (Å²) in [6, 6.07) is 0.701. The Hall–Kier alpha value is -0.160. The van der Waals surface area contributed by atoms with Gasteiger partial charge in [0.1, 0.15) is 0 Å². The number of ether oxygens (including phenoxy) is 2. The van der Waals surface area contributed by atoms with Crippen LogP contribution >= 0.6 is 0 Å². The minimum absolute atomic E-state index is 0.696. The lowest BCUT2D eigenvalue weighted by molar-refractivity contribution is 0.0554. The molecule has 1 saturated heterocycles. The van der Waals surface area contributed by atoms with Gasteiger partial charge in [0.2, 0.25) is 0 Å². The molecule has 0 aromatic heterocycles. The zero-order chi connectivity index (χ0) is 12.3. The van der Waals surface area contributed by atoms with Crippen molar-refractivity contribution in [3.8, 4) is 0 Å².